The van der Waals surface area contributed by atoms with Gasteiger partial charge < -0.3 is 24.8 Å². The van der Waals surface area contributed by atoms with Gasteiger partial charge in [0.05, 0.1) is 37.9 Å². The van der Waals surface area contributed by atoms with Crippen molar-refractivity contribution in [3.63, 3.8) is 0 Å². The Bertz CT molecular complexity index is 867. The topological polar surface area (TPSA) is 106 Å². The Hall–Kier alpha value is -3.07. The number of ether oxygens (including phenoxy) is 3. The Morgan fingerprint density at radius 1 is 1.16 bits per heavy atom. The van der Waals surface area contributed by atoms with E-state index in [1.807, 2.05) is 19.1 Å². The molecule has 2 aliphatic rings. The number of amides is 2. The van der Waals surface area contributed by atoms with Crippen LogP contribution in [0, 0.1) is 5.92 Å². The first-order valence-electron chi connectivity index (χ1n) is 11.0. The maximum atomic E-state index is 12.7. The summed E-state index contributed by atoms with van der Waals surface area (Å²) in [6.45, 7) is 6.16. The highest BCUT2D eigenvalue weighted by molar-refractivity contribution is 5.95. The molecular formula is C23H31N3O6. The molecule has 9 heteroatoms. The zero-order chi connectivity index (χ0) is 23.1. The highest BCUT2D eigenvalue weighted by atomic mass is 16.5. The van der Waals surface area contributed by atoms with Crippen LogP contribution in [0.2, 0.25) is 0 Å². The first-order chi connectivity index (χ1) is 15.5. The second kappa shape index (κ2) is 11.0. The van der Waals surface area contributed by atoms with Gasteiger partial charge in [0.15, 0.2) is 0 Å². The van der Waals surface area contributed by atoms with Gasteiger partial charge in [0.25, 0.3) is 0 Å². The van der Waals surface area contributed by atoms with Crippen LogP contribution in [0.4, 0.5) is 4.79 Å². The fourth-order valence-electron chi connectivity index (χ4n) is 4.14. The van der Waals surface area contributed by atoms with Gasteiger partial charge in [0.1, 0.15) is 5.75 Å². The Morgan fingerprint density at radius 3 is 2.56 bits per heavy atom. The molecule has 0 radical (unpaired) electrons. The van der Waals surface area contributed by atoms with Crippen LogP contribution in [0.3, 0.4) is 0 Å². The summed E-state index contributed by atoms with van der Waals surface area (Å²) in [7, 11) is 1.32. The molecule has 3 rings (SSSR count). The summed E-state index contributed by atoms with van der Waals surface area (Å²) >= 11 is 0. The van der Waals surface area contributed by atoms with E-state index in [1.165, 1.54) is 7.11 Å². The van der Waals surface area contributed by atoms with Gasteiger partial charge in [-0.05, 0) is 50.9 Å². The standard InChI is InChI=1S/C23H31N3O6/c1-4-31-17-10-8-15(9-11-17)20-19(22(28)30-3)18(24-23(29)25-20)14-26-12-6-7-16(13-26)21(27)32-5-2/h8-11,16,20H,4-7,12-14H2,1-3H3,(H2,24,25,29)/t16-,20+/m1/s1. The number of piperidine rings is 1. The van der Waals surface area contributed by atoms with Gasteiger partial charge in [-0.2, -0.15) is 0 Å². The second-order valence-electron chi connectivity index (χ2n) is 7.74. The lowest BCUT2D eigenvalue weighted by Crippen LogP contribution is -2.49. The van der Waals surface area contributed by atoms with Gasteiger partial charge in [-0.3, -0.25) is 9.69 Å². The van der Waals surface area contributed by atoms with Crippen LogP contribution in [-0.2, 0) is 19.1 Å². The summed E-state index contributed by atoms with van der Waals surface area (Å²) in [5.74, 6) is -0.241. The maximum Gasteiger partial charge on any atom is 0.338 e. The molecule has 174 valence electrons. The van der Waals surface area contributed by atoms with E-state index >= 15 is 0 Å². The first kappa shape index (κ1) is 23.6. The Balaban J connectivity index is 1.87. The number of likely N-dealkylation sites (tertiary alicyclic amines) is 1. The minimum atomic E-state index is -0.660. The van der Waals surface area contributed by atoms with Crippen LogP contribution < -0.4 is 15.4 Å². The van der Waals surface area contributed by atoms with Gasteiger partial charge in [-0.25, -0.2) is 9.59 Å². The summed E-state index contributed by atoms with van der Waals surface area (Å²) in [5, 5.41) is 5.59. The van der Waals surface area contributed by atoms with Gasteiger partial charge in [-0.15, -0.1) is 0 Å². The molecule has 1 aromatic rings. The van der Waals surface area contributed by atoms with Crippen LogP contribution >= 0.6 is 0 Å². The number of methoxy groups -OCH3 is 1. The number of benzene rings is 1. The molecule has 9 nitrogen and oxygen atoms in total. The number of nitrogens with zero attached hydrogens (tertiary/aromatic N) is 1. The minimum absolute atomic E-state index is 0.207. The predicted molar refractivity (Wildman–Crippen MR) is 117 cm³/mol. The van der Waals surface area contributed by atoms with E-state index in [0.29, 0.717) is 43.3 Å². The second-order valence-corrected chi connectivity index (χ2v) is 7.74. The van der Waals surface area contributed by atoms with Crippen LogP contribution in [0.1, 0.15) is 38.3 Å². The van der Waals surface area contributed by atoms with Gasteiger partial charge in [0.2, 0.25) is 0 Å². The predicted octanol–water partition coefficient (Wildman–Crippen LogP) is 2.14. The zero-order valence-electron chi connectivity index (χ0n) is 18.8. The highest BCUT2D eigenvalue weighted by Crippen LogP contribution is 2.30. The largest absolute Gasteiger partial charge is 0.494 e. The maximum absolute atomic E-state index is 12.7. The number of esters is 2. The summed E-state index contributed by atoms with van der Waals surface area (Å²) in [6, 6.07) is 6.18. The number of rotatable bonds is 8. The van der Waals surface area contributed by atoms with Gasteiger partial charge in [-0.1, -0.05) is 12.1 Å². The zero-order valence-corrected chi connectivity index (χ0v) is 18.8. The van der Waals surface area contributed by atoms with E-state index in [2.05, 4.69) is 15.5 Å². The fourth-order valence-corrected chi connectivity index (χ4v) is 4.14. The van der Waals surface area contributed by atoms with Crippen LogP contribution in [-0.4, -0.2) is 62.8 Å². The number of hydrogen-bond donors (Lipinski definition) is 2. The fraction of sp³-hybridized carbons (Fsp3) is 0.522. The van der Waals surface area contributed by atoms with Crippen molar-refractivity contribution in [2.24, 2.45) is 5.92 Å². The van der Waals surface area contributed by atoms with Gasteiger partial charge >= 0.3 is 18.0 Å². The number of nitrogens with one attached hydrogen (secondary N) is 2. The molecule has 0 aliphatic carbocycles. The molecule has 0 spiro atoms. The average molecular weight is 446 g/mol. The van der Waals surface area contributed by atoms with E-state index < -0.39 is 18.0 Å². The van der Waals surface area contributed by atoms with E-state index in [1.54, 1.807) is 19.1 Å². The Kier molecular flexibility index (Phi) is 8.10. The lowest BCUT2D eigenvalue weighted by Gasteiger charge is -2.35. The molecule has 1 saturated heterocycles. The summed E-state index contributed by atoms with van der Waals surface area (Å²) in [5.41, 5.74) is 1.56. The minimum Gasteiger partial charge on any atom is -0.494 e. The van der Waals surface area contributed by atoms with Crippen molar-refractivity contribution >= 4 is 18.0 Å². The first-order valence-corrected chi connectivity index (χ1v) is 11.0. The number of urea groups is 1. The molecule has 2 atom stereocenters. The van der Waals surface area contributed by atoms with Crippen molar-refractivity contribution in [2.75, 3.05) is 40.0 Å². The summed E-state index contributed by atoms with van der Waals surface area (Å²) < 4.78 is 15.7. The van der Waals surface area contributed by atoms with Crippen molar-refractivity contribution in [1.29, 1.82) is 0 Å². The Morgan fingerprint density at radius 2 is 1.91 bits per heavy atom. The molecule has 1 fully saturated rings. The number of carbonyl (C=O) groups excluding carboxylic acids is 3. The Labute approximate surface area is 188 Å². The van der Waals surface area contributed by atoms with Crippen LogP contribution in [0.15, 0.2) is 35.5 Å². The third-order valence-corrected chi connectivity index (χ3v) is 5.59. The summed E-state index contributed by atoms with van der Waals surface area (Å²) in [6.07, 6.45) is 1.60. The molecule has 2 heterocycles. The van der Waals surface area contributed by atoms with Crippen molar-refractivity contribution in [2.45, 2.75) is 32.7 Å². The van der Waals surface area contributed by atoms with E-state index in [-0.39, 0.29) is 11.9 Å². The monoisotopic (exact) mass is 445 g/mol. The molecule has 2 aliphatic heterocycles. The van der Waals surface area contributed by atoms with Gasteiger partial charge in [0, 0.05) is 18.8 Å². The lowest BCUT2D eigenvalue weighted by molar-refractivity contribution is -0.150. The van der Waals surface area contributed by atoms with E-state index in [0.717, 1.165) is 24.9 Å². The molecule has 0 bridgehead atoms. The molecule has 0 saturated carbocycles. The SMILES string of the molecule is CCOC(=O)[C@@H]1CCCN(CC2=C(C(=O)OC)[C@H](c3ccc(OCC)cc3)NC(=O)N2)C1. The smallest absolute Gasteiger partial charge is 0.338 e. The van der Waals surface area contributed by atoms with Crippen molar-refractivity contribution in [1.82, 2.24) is 15.5 Å². The molecule has 0 aromatic heterocycles. The van der Waals surface area contributed by atoms with Crippen molar-refractivity contribution in [3.8, 4) is 5.75 Å². The van der Waals surface area contributed by atoms with Crippen molar-refractivity contribution in [3.05, 3.63) is 41.1 Å². The highest BCUT2D eigenvalue weighted by Gasteiger charge is 2.35. The molecule has 2 N–H and O–H groups in total. The normalized spacial score (nSPS) is 21.4. The van der Waals surface area contributed by atoms with Crippen LogP contribution in [0.5, 0.6) is 5.75 Å². The van der Waals surface area contributed by atoms with Crippen LogP contribution in [0.25, 0.3) is 0 Å². The molecular weight excluding hydrogens is 414 g/mol. The molecule has 0 unspecified atom stereocenters. The number of hydrogen-bond acceptors (Lipinski definition) is 7. The third-order valence-electron chi connectivity index (χ3n) is 5.59. The van der Waals surface area contributed by atoms with E-state index in [4.69, 9.17) is 14.2 Å². The molecule has 2 amide bonds. The third kappa shape index (κ3) is 5.59. The van der Waals surface area contributed by atoms with E-state index in [9.17, 15) is 14.4 Å². The quantitative estimate of drug-likeness (QED) is 0.591. The molecule has 1 aromatic carbocycles. The number of carbonyl (C=O) groups is 3. The van der Waals surface area contributed by atoms with Crippen molar-refractivity contribution < 1.29 is 28.6 Å². The average Bonchev–Trinajstić information content (AvgIpc) is 2.79. The summed E-state index contributed by atoms with van der Waals surface area (Å²) in [4.78, 5) is 39.5. The lowest BCUT2D eigenvalue weighted by atomic mass is 9.94. The molecule has 32 heavy (non-hydrogen) atoms.